The van der Waals surface area contributed by atoms with Gasteiger partial charge in [-0.25, -0.2) is 0 Å². The Labute approximate surface area is 134 Å². The van der Waals surface area contributed by atoms with Crippen LogP contribution in [0.5, 0.6) is 0 Å². The summed E-state index contributed by atoms with van der Waals surface area (Å²) in [5.74, 6) is -0.291. The van der Waals surface area contributed by atoms with Gasteiger partial charge in [0, 0.05) is 11.4 Å². The van der Waals surface area contributed by atoms with Crippen LogP contribution in [0.1, 0.15) is 31.2 Å². The fraction of sp³-hybridized carbons (Fsp3) is 0.500. The van der Waals surface area contributed by atoms with Gasteiger partial charge in [-0.3, -0.25) is 9.59 Å². The van der Waals surface area contributed by atoms with Gasteiger partial charge < -0.3 is 15.2 Å². The molecule has 5 nitrogen and oxygen atoms in total. The molecule has 6 heteroatoms. The van der Waals surface area contributed by atoms with E-state index in [1.54, 1.807) is 0 Å². The largest absolute Gasteiger partial charge is 0.481 e. The van der Waals surface area contributed by atoms with Gasteiger partial charge in [0.2, 0.25) is 5.91 Å². The van der Waals surface area contributed by atoms with Crippen LogP contribution in [0.15, 0.2) is 24.3 Å². The topological polar surface area (TPSA) is 75.6 Å². The fourth-order valence-electron chi connectivity index (χ4n) is 2.44. The molecule has 0 saturated heterocycles. The minimum atomic E-state index is -0.821. The van der Waals surface area contributed by atoms with Gasteiger partial charge in [0.05, 0.1) is 11.9 Å². The Kier molecular flexibility index (Phi) is 6.74. The first-order valence-electron chi connectivity index (χ1n) is 7.43. The molecule has 1 fully saturated rings. The van der Waals surface area contributed by atoms with Crippen LogP contribution < -0.4 is 5.32 Å². The van der Waals surface area contributed by atoms with Gasteiger partial charge >= 0.3 is 5.97 Å². The lowest BCUT2D eigenvalue weighted by atomic mass is 10.2. The second kappa shape index (κ2) is 8.80. The Balaban J connectivity index is 1.76. The molecule has 1 aliphatic carbocycles. The number of amides is 1. The molecule has 0 aliphatic heterocycles. The van der Waals surface area contributed by atoms with E-state index in [-0.39, 0.29) is 24.4 Å². The zero-order valence-corrected chi connectivity index (χ0v) is 13.2. The summed E-state index contributed by atoms with van der Waals surface area (Å²) >= 11 is 1.33. The summed E-state index contributed by atoms with van der Waals surface area (Å²) < 4.78 is 5.58. The third-order valence-electron chi connectivity index (χ3n) is 3.46. The van der Waals surface area contributed by atoms with Gasteiger partial charge in [-0.05, 0) is 30.5 Å². The number of carboxylic acid groups (broad SMARTS) is 1. The van der Waals surface area contributed by atoms with E-state index in [2.05, 4.69) is 5.32 Å². The number of hydrogen-bond donors (Lipinski definition) is 2. The van der Waals surface area contributed by atoms with E-state index in [0.29, 0.717) is 11.4 Å². The number of ether oxygens (including phenoxy) is 1. The molecule has 1 aromatic carbocycles. The first-order valence-corrected chi connectivity index (χ1v) is 8.59. The molecule has 0 atom stereocenters. The Morgan fingerprint density at radius 3 is 2.82 bits per heavy atom. The lowest BCUT2D eigenvalue weighted by Gasteiger charge is -2.11. The van der Waals surface area contributed by atoms with Gasteiger partial charge in [0.15, 0.2) is 0 Å². The van der Waals surface area contributed by atoms with E-state index in [1.807, 2.05) is 24.3 Å². The highest BCUT2D eigenvalue weighted by Crippen LogP contribution is 2.21. The molecular weight excluding hydrogens is 302 g/mol. The van der Waals surface area contributed by atoms with Crippen molar-refractivity contribution in [1.82, 2.24) is 0 Å². The molecule has 120 valence electrons. The van der Waals surface area contributed by atoms with E-state index in [0.717, 1.165) is 18.4 Å². The molecule has 0 spiro atoms. The van der Waals surface area contributed by atoms with Crippen molar-refractivity contribution in [2.45, 2.75) is 37.5 Å². The monoisotopic (exact) mass is 323 g/mol. The van der Waals surface area contributed by atoms with Gasteiger partial charge in [-0.15, -0.1) is 11.8 Å². The quantitative estimate of drug-likeness (QED) is 0.769. The lowest BCUT2D eigenvalue weighted by Crippen LogP contribution is -2.21. The van der Waals surface area contributed by atoms with Crippen molar-refractivity contribution >= 4 is 29.3 Å². The molecule has 0 unspecified atom stereocenters. The zero-order chi connectivity index (χ0) is 15.8. The Bertz CT molecular complexity index is 515. The molecule has 2 rings (SSSR count). The van der Waals surface area contributed by atoms with E-state index < -0.39 is 5.97 Å². The first-order chi connectivity index (χ1) is 10.6. The third-order valence-corrected chi connectivity index (χ3v) is 4.45. The number of nitrogens with one attached hydrogen (secondary N) is 1. The Morgan fingerprint density at radius 2 is 2.09 bits per heavy atom. The summed E-state index contributed by atoms with van der Waals surface area (Å²) in [4.78, 5) is 22.4. The average molecular weight is 323 g/mol. The van der Waals surface area contributed by atoms with Crippen molar-refractivity contribution < 1.29 is 19.4 Å². The molecule has 0 bridgehead atoms. The number of carbonyl (C=O) groups excluding carboxylic acids is 1. The zero-order valence-electron chi connectivity index (χ0n) is 12.4. The molecular formula is C16H21NO4S. The smallest absolute Gasteiger partial charge is 0.313 e. The van der Waals surface area contributed by atoms with Crippen molar-refractivity contribution in [3.05, 3.63) is 29.8 Å². The molecule has 22 heavy (non-hydrogen) atoms. The van der Waals surface area contributed by atoms with Crippen LogP contribution >= 0.6 is 11.8 Å². The maximum atomic E-state index is 11.9. The minimum absolute atomic E-state index is 0.0752. The average Bonchev–Trinajstić information content (AvgIpc) is 2.98. The van der Waals surface area contributed by atoms with E-state index in [9.17, 15) is 9.59 Å². The Morgan fingerprint density at radius 1 is 1.32 bits per heavy atom. The molecule has 2 N–H and O–H groups in total. The summed E-state index contributed by atoms with van der Waals surface area (Å²) in [5.41, 5.74) is 1.70. The van der Waals surface area contributed by atoms with Gasteiger partial charge in [0.25, 0.3) is 0 Å². The van der Waals surface area contributed by atoms with E-state index in [1.165, 1.54) is 24.6 Å². The maximum Gasteiger partial charge on any atom is 0.313 e. The SMILES string of the molecule is O=C(O)CSCc1cccc(NC(=O)COC2CCCC2)c1. The number of hydrogen-bond acceptors (Lipinski definition) is 4. The third kappa shape index (κ3) is 6.07. The molecule has 0 heterocycles. The number of carboxylic acids is 1. The predicted molar refractivity (Wildman–Crippen MR) is 87.1 cm³/mol. The van der Waals surface area contributed by atoms with E-state index >= 15 is 0 Å². The summed E-state index contributed by atoms with van der Waals surface area (Å²) in [6, 6.07) is 7.45. The molecule has 0 aromatic heterocycles. The molecule has 1 aromatic rings. The van der Waals surface area contributed by atoms with Crippen molar-refractivity contribution in [2.75, 3.05) is 17.7 Å². The number of thioether (sulfide) groups is 1. The summed E-state index contributed by atoms with van der Waals surface area (Å²) in [5, 5.41) is 11.4. The predicted octanol–water partition coefficient (Wildman–Crippen LogP) is 2.90. The van der Waals surface area contributed by atoms with Crippen LogP contribution in [-0.4, -0.2) is 35.4 Å². The fourth-order valence-corrected chi connectivity index (χ4v) is 3.13. The first kappa shape index (κ1) is 16.8. The van der Waals surface area contributed by atoms with Crippen LogP contribution in [-0.2, 0) is 20.1 Å². The van der Waals surface area contributed by atoms with Crippen LogP contribution in [0, 0.1) is 0 Å². The number of carbonyl (C=O) groups is 2. The molecule has 1 saturated carbocycles. The van der Waals surface area contributed by atoms with E-state index in [4.69, 9.17) is 9.84 Å². The lowest BCUT2D eigenvalue weighted by molar-refractivity contribution is -0.133. The van der Waals surface area contributed by atoms with Gasteiger partial charge in [-0.2, -0.15) is 0 Å². The highest BCUT2D eigenvalue weighted by Gasteiger charge is 2.16. The highest BCUT2D eigenvalue weighted by atomic mass is 32.2. The summed E-state index contributed by atoms with van der Waals surface area (Å²) in [6.07, 6.45) is 4.68. The van der Waals surface area contributed by atoms with Crippen LogP contribution in [0.4, 0.5) is 5.69 Å². The van der Waals surface area contributed by atoms with Crippen molar-refractivity contribution in [1.29, 1.82) is 0 Å². The minimum Gasteiger partial charge on any atom is -0.481 e. The molecule has 1 aliphatic rings. The standard InChI is InChI=1S/C16H21NO4S/c18-15(9-21-14-6-1-2-7-14)17-13-5-3-4-12(8-13)10-22-11-16(19)20/h3-5,8,14H,1-2,6-7,9-11H2,(H,17,18)(H,19,20). The van der Waals surface area contributed by atoms with Crippen molar-refractivity contribution in [2.24, 2.45) is 0 Å². The highest BCUT2D eigenvalue weighted by molar-refractivity contribution is 7.99. The van der Waals surface area contributed by atoms with Gasteiger partial charge in [-0.1, -0.05) is 25.0 Å². The Hall–Kier alpha value is -1.53. The number of anilines is 1. The maximum absolute atomic E-state index is 11.9. The number of benzene rings is 1. The van der Waals surface area contributed by atoms with Crippen molar-refractivity contribution in [3.63, 3.8) is 0 Å². The number of rotatable bonds is 8. The molecule has 0 radical (unpaired) electrons. The second-order valence-corrected chi connectivity index (χ2v) is 6.34. The summed E-state index contributed by atoms with van der Waals surface area (Å²) in [6.45, 7) is 0.0860. The summed E-state index contributed by atoms with van der Waals surface area (Å²) in [7, 11) is 0. The second-order valence-electron chi connectivity index (χ2n) is 5.35. The van der Waals surface area contributed by atoms with Crippen molar-refractivity contribution in [3.8, 4) is 0 Å². The normalized spacial score (nSPS) is 14.9. The van der Waals surface area contributed by atoms with Crippen LogP contribution in [0.25, 0.3) is 0 Å². The molecule has 1 amide bonds. The van der Waals surface area contributed by atoms with Crippen LogP contribution in [0.2, 0.25) is 0 Å². The van der Waals surface area contributed by atoms with Gasteiger partial charge in [0.1, 0.15) is 6.61 Å². The van der Waals surface area contributed by atoms with Crippen LogP contribution in [0.3, 0.4) is 0 Å². The number of aliphatic carboxylic acids is 1.